The van der Waals surface area contributed by atoms with E-state index in [9.17, 15) is 13.6 Å². The number of carbonyl (C=O) groups excluding carboxylic acids is 1. The molecule has 0 saturated carbocycles. The van der Waals surface area contributed by atoms with Crippen LogP contribution in [0.5, 0.6) is 0 Å². The molecule has 1 aromatic heterocycles. The van der Waals surface area contributed by atoms with E-state index in [1.54, 1.807) is 24.3 Å². The molecule has 1 amide bonds. The number of hydrogen-bond acceptors (Lipinski definition) is 4. The first kappa shape index (κ1) is 19.3. The van der Waals surface area contributed by atoms with Gasteiger partial charge in [-0.3, -0.25) is 4.79 Å². The first-order chi connectivity index (χ1) is 12.9. The van der Waals surface area contributed by atoms with Gasteiger partial charge in [0.25, 0.3) is 5.76 Å². The summed E-state index contributed by atoms with van der Waals surface area (Å²) in [6.07, 6.45) is 0. The van der Waals surface area contributed by atoms with Crippen LogP contribution in [0.15, 0.2) is 53.7 Å². The predicted octanol–water partition coefficient (Wildman–Crippen LogP) is 4.05. The smallest absolute Gasteiger partial charge is 0.291 e. The molecule has 27 heavy (non-hydrogen) atoms. The Labute approximate surface area is 160 Å². The Morgan fingerprint density at radius 3 is 2.63 bits per heavy atom. The predicted molar refractivity (Wildman–Crippen MR) is 104 cm³/mol. The van der Waals surface area contributed by atoms with Gasteiger partial charge < -0.3 is 14.8 Å². The number of para-hydroxylation sites is 3. The number of alkyl halides is 2. The molecule has 3 rings (SSSR count). The summed E-state index contributed by atoms with van der Waals surface area (Å²) in [4.78, 5) is 18.9. The summed E-state index contributed by atoms with van der Waals surface area (Å²) in [5, 5.41) is 3.02. The highest BCUT2D eigenvalue weighted by molar-refractivity contribution is 7.99. The molecule has 0 spiro atoms. The molecule has 0 atom stereocenters. The normalized spacial score (nSPS) is 11.5. The SMILES string of the molecule is CN(C)Cc1ccccc1NC(=O)Cn1c(SC(F)F)nc2ccccc21. The molecule has 1 N–H and O–H groups in total. The van der Waals surface area contributed by atoms with Crippen molar-refractivity contribution >= 4 is 34.4 Å². The van der Waals surface area contributed by atoms with Crippen LogP contribution >= 0.6 is 11.8 Å². The number of carbonyl (C=O) groups is 1. The zero-order chi connectivity index (χ0) is 19.4. The van der Waals surface area contributed by atoms with Crippen LogP contribution in [0, 0.1) is 0 Å². The summed E-state index contributed by atoms with van der Waals surface area (Å²) in [5.74, 6) is -2.90. The number of fused-ring (bicyclic) bond motifs is 1. The Balaban J connectivity index is 1.84. The minimum atomic E-state index is -2.61. The van der Waals surface area contributed by atoms with E-state index in [0.29, 0.717) is 35.0 Å². The van der Waals surface area contributed by atoms with Gasteiger partial charge in [-0.25, -0.2) is 4.98 Å². The average molecular weight is 390 g/mol. The lowest BCUT2D eigenvalue weighted by Crippen LogP contribution is -2.21. The van der Waals surface area contributed by atoms with E-state index in [0.717, 1.165) is 5.56 Å². The van der Waals surface area contributed by atoms with Gasteiger partial charge in [0, 0.05) is 12.2 Å². The van der Waals surface area contributed by atoms with E-state index < -0.39 is 5.76 Å². The molecule has 0 aliphatic rings. The third kappa shape index (κ3) is 4.84. The Morgan fingerprint density at radius 1 is 1.19 bits per heavy atom. The number of nitrogens with zero attached hydrogens (tertiary/aromatic N) is 3. The molecule has 0 bridgehead atoms. The number of nitrogens with one attached hydrogen (secondary N) is 1. The van der Waals surface area contributed by atoms with Crippen LogP contribution in [-0.4, -0.2) is 40.2 Å². The van der Waals surface area contributed by atoms with Gasteiger partial charge in [-0.15, -0.1) is 0 Å². The van der Waals surface area contributed by atoms with Crippen LogP contribution in [0.1, 0.15) is 5.56 Å². The molecule has 2 aromatic carbocycles. The lowest BCUT2D eigenvalue weighted by molar-refractivity contribution is -0.116. The fourth-order valence-corrected chi connectivity index (χ4v) is 3.43. The topological polar surface area (TPSA) is 50.2 Å². The second kappa shape index (κ2) is 8.49. The summed E-state index contributed by atoms with van der Waals surface area (Å²) < 4.78 is 27.3. The first-order valence-corrected chi connectivity index (χ1v) is 9.24. The number of thioether (sulfide) groups is 1. The third-order valence-electron chi connectivity index (χ3n) is 3.89. The summed E-state index contributed by atoms with van der Waals surface area (Å²) >= 11 is 0.342. The Bertz CT molecular complexity index is 942. The van der Waals surface area contributed by atoms with Gasteiger partial charge >= 0.3 is 0 Å². The van der Waals surface area contributed by atoms with Crippen molar-refractivity contribution in [3.63, 3.8) is 0 Å². The summed E-state index contributed by atoms with van der Waals surface area (Å²) in [5.41, 5.74) is 2.93. The Morgan fingerprint density at radius 2 is 1.89 bits per heavy atom. The molecule has 0 radical (unpaired) electrons. The van der Waals surface area contributed by atoms with Crippen molar-refractivity contribution < 1.29 is 13.6 Å². The van der Waals surface area contributed by atoms with Crippen LogP contribution in [0.3, 0.4) is 0 Å². The number of anilines is 1. The molecule has 8 heteroatoms. The van der Waals surface area contributed by atoms with Crippen molar-refractivity contribution in [1.82, 2.24) is 14.5 Å². The van der Waals surface area contributed by atoms with E-state index in [1.165, 1.54) is 4.57 Å². The second-order valence-electron chi connectivity index (χ2n) is 6.29. The lowest BCUT2D eigenvalue weighted by atomic mass is 10.1. The lowest BCUT2D eigenvalue weighted by Gasteiger charge is -2.15. The monoisotopic (exact) mass is 390 g/mol. The number of aromatic nitrogens is 2. The molecular formula is C19H20F2N4OS. The average Bonchev–Trinajstić information content (AvgIpc) is 2.93. The van der Waals surface area contributed by atoms with Crippen LogP contribution in [0.4, 0.5) is 14.5 Å². The fraction of sp³-hybridized carbons (Fsp3) is 0.263. The standard InChI is InChI=1S/C19H20F2N4OS/c1-24(2)11-13-7-3-4-8-14(13)22-17(26)12-25-16-10-6-5-9-15(16)23-19(25)27-18(20)21/h3-10,18H,11-12H2,1-2H3,(H,22,26). The summed E-state index contributed by atoms with van der Waals surface area (Å²) in [6, 6.07) is 14.6. The van der Waals surface area contributed by atoms with Crippen molar-refractivity contribution in [1.29, 1.82) is 0 Å². The van der Waals surface area contributed by atoms with E-state index in [4.69, 9.17) is 0 Å². The molecule has 5 nitrogen and oxygen atoms in total. The van der Waals surface area contributed by atoms with E-state index in [-0.39, 0.29) is 17.6 Å². The number of amides is 1. The highest BCUT2D eigenvalue weighted by Crippen LogP contribution is 2.28. The van der Waals surface area contributed by atoms with Gasteiger partial charge in [0.1, 0.15) is 6.54 Å². The molecule has 3 aromatic rings. The van der Waals surface area contributed by atoms with Crippen molar-refractivity contribution in [3.05, 3.63) is 54.1 Å². The highest BCUT2D eigenvalue weighted by atomic mass is 32.2. The van der Waals surface area contributed by atoms with Gasteiger partial charge in [-0.05, 0) is 49.6 Å². The van der Waals surface area contributed by atoms with Gasteiger partial charge in [0.2, 0.25) is 5.91 Å². The van der Waals surface area contributed by atoms with E-state index >= 15 is 0 Å². The van der Waals surface area contributed by atoms with Gasteiger partial charge in [-0.1, -0.05) is 30.3 Å². The van der Waals surface area contributed by atoms with E-state index in [2.05, 4.69) is 10.3 Å². The van der Waals surface area contributed by atoms with Gasteiger partial charge in [-0.2, -0.15) is 8.78 Å². The van der Waals surface area contributed by atoms with Crippen LogP contribution in [0.2, 0.25) is 0 Å². The Kier molecular flexibility index (Phi) is 6.08. The van der Waals surface area contributed by atoms with Crippen LogP contribution < -0.4 is 5.32 Å². The molecule has 0 fully saturated rings. The van der Waals surface area contributed by atoms with Crippen molar-refractivity contribution in [2.45, 2.75) is 24.0 Å². The third-order valence-corrected chi connectivity index (χ3v) is 4.59. The largest absolute Gasteiger partial charge is 0.324 e. The first-order valence-electron chi connectivity index (χ1n) is 8.36. The quantitative estimate of drug-likeness (QED) is 0.619. The van der Waals surface area contributed by atoms with Crippen molar-refractivity contribution in [2.75, 3.05) is 19.4 Å². The number of halogens is 2. The van der Waals surface area contributed by atoms with E-state index in [1.807, 2.05) is 43.3 Å². The number of rotatable bonds is 7. The molecule has 0 unspecified atom stereocenters. The maximum absolute atomic E-state index is 12.9. The minimum absolute atomic E-state index is 0.0914. The van der Waals surface area contributed by atoms with Crippen molar-refractivity contribution in [3.8, 4) is 0 Å². The molecule has 0 aliphatic heterocycles. The summed E-state index contributed by atoms with van der Waals surface area (Å²) in [7, 11) is 3.90. The number of imidazole rings is 1. The maximum Gasteiger partial charge on any atom is 0.291 e. The van der Waals surface area contributed by atoms with Crippen LogP contribution in [-0.2, 0) is 17.9 Å². The molecule has 142 valence electrons. The molecular weight excluding hydrogens is 370 g/mol. The molecule has 0 saturated heterocycles. The molecule has 1 heterocycles. The zero-order valence-electron chi connectivity index (χ0n) is 15.0. The van der Waals surface area contributed by atoms with Gasteiger partial charge in [0.15, 0.2) is 5.16 Å². The van der Waals surface area contributed by atoms with Crippen molar-refractivity contribution in [2.24, 2.45) is 0 Å². The minimum Gasteiger partial charge on any atom is -0.324 e. The van der Waals surface area contributed by atoms with Gasteiger partial charge in [0.05, 0.1) is 11.0 Å². The maximum atomic E-state index is 12.9. The molecule has 0 aliphatic carbocycles. The second-order valence-corrected chi connectivity index (χ2v) is 7.25. The summed E-state index contributed by atoms with van der Waals surface area (Å²) in [6.45, 7) is 0.586. The zero-order valence-corrected chi connectivity index (χ0v) is 15.8. The highest BCUT2D eigenvalue weighted by Gasteiger charge is 2.18. The Hall–Kier alpha value is -2.45. The van der Waals surface area contributed by atoms with Crippen LogP contribution in [0.25, 0.3) is 11.0 Å². The fourth-order valence-electron chi connectivity index (χ4n) is 2.83. The number of hydrogen-bond donors (Lipinski definition) is 1. The number of benzene rings is 2.